The van der Waals surface area contributed by atoms with Gasteiger partial charge in [-0.15, -0.1) is 0 Å². The standard InChI is InChI=1S/C14H20ClN3O/c1-9(2)11-6-13(15)17-14(16-11)12-7-18-5-3-4-10(18)8-19-12/h6,9-10,12H,3-5,7-8H2,1-2H3. The Balaban J connectivity index is 1.81. The molecule has 1 aromatic heterocycles. The highest BCUT2D eigenvalue weighted by Crippen LogP contribution is 2.29. The zero-order valence-corrected chi connectivity index (χ0v) is 12.2. The van der Waals surface area contributed by atoms with Crippen LogP contribution in [0.15, 0.2) is 6.07 Å². The number of fused-ring (bicyclic) bond motifs is 1. The van der Waals surface area contributed by atoms with Crippen LogP contribution < -0.4 is 0 Å². The van der Waals surface area contributed by atoms with E-state index in [1.807, 2.05) is 6.07 Å². The fourth-order valence-electron chi connectivity index (χ4n) is 2.87. The zero-order valence-electron chi connectivity index (χ0n) is 11.5. The second-order valence-corrected chi connectivity index (χ2v) is 6.13. The number of nitrogens with zero attached hydrogens (tertiary/aromatic N) is 3. The third-order valence-corrected chi connectivity index (χ3v) is 4.19. The van der Waals surface area contributed by atoms with Gasteiger partial charge in [-0.05, 0) is 31.4 Å². The van der Waals surface area contributed by atoms with Crippen LogP contribution in [-0.2, 0) is 4.74 Å². The number of halogens is 1. The van der Waals surface area contributed by atoms with E-state index in [1.165, 1.54) is 19.4 Å². The first-order chi connectivity index (χ1) is 9.13. The molecule has 0 saturated carbocycles. The summed E-state index contributed by atoms with van der Waals surface area (Å²) >= 11 is 6.10. The van der Waals surface area contributed by atoms with Crippen molar-refractivity contribution in [2.45, 2.75) is 44.8 Å². The lowest BCUT2D eigenvalue weighted by atomic mass is 10.1. The Morgan fingerprint density at radius 3 is 3.05 bits per heavy atom. The molecule has 2 fully saturated rings. The molecule has 0 N–H and O–H groups in total. The molecule has 1 aromatic rings. The third-order valence-electron chi connectivity index (χ3n) is 4.00. The summed E-state index contributed by atoms with van der Waals surface area (Å²) in [5.74, 6) is 1.09. The van der Waals surface area contributed by atoms with Gasteiger partial charge in [0.05, 0.1) is 6.61 Å². The molecule has 2 atom stereocenters. The molecule has 5 heteroatoms. The van der Waals surface area contributed by atoms with Crippen LogP contribution in [0.5, 0.6) is 0 Å². The van der Waals surface area contributed by atoms with Gasteiger partial charge in [0.25, 0.3) is 0 Å². The van der Waals surface area contributed by atoms with E-state index in [-0.39, 0.29) is 6.10 Å². The summed E-state index contributed by atoms with van der Waals surface area (Å²) in [7, 11) is 0. The van der Waals surface area contributed by atoms with Crippen molar-refractivity contribution in [2.24, 2.45) is 0 Å². The van der Waals surface area contributed by atoms with Crippen molar-refractivity contribution >= 4 is 11.6 Å². The second-order valence-electron chi connectivity index (χ2n) is 5.74. The zero-order chi connectivity index (χ0) is 13.4. The van der Waals surface area contributed by atoms with Crippen LogP contribution in [0.1, 0.15) is 50.2 Å². The quantitative estimate of drug-likeness (QED) is 0.782. The predicted octanol–water partition coefficient (Wildman–Crippen LogP) is 2.79. The van der Waals surface area contributed by atoms with E-state index >= 15 is 0 Å². The van der Waals surface area contributed by atoms with Crippen molar-refractivity contribution in [2.75, 3.05) is 19.7 Å². The second kappa shape index (κ2) is 5.35. The van der Waals surface area contributed by atoms with Crippen LogP contribution in [0.4, 0.5) is 0 Å². The van der Waals surface area contributed by atoms with E-state index in [0.29, 0.717) is 17.1 Å². The molecule has 3 rings (SSSR count). The van der Waals surface area contributed by atoms with Crippen LogP contribution in [0.2, 0.25) is 5.15 Å². The summed E-state index contributed by atoms with van der Waals surface area (Å²) in [6, 6.07) is 2.44. The fraction of sp³-hybridized carbons (Fsp3) is 0.714. The van der Waals surface area contributed by atoms with E-state index in [0.717, 1.165) is 24.7 Å². The summed E-state index contributed by atoms with van der Waals surface area (Å²) in [5, 5.41) is 0.515. The van der Waals surface area contributed by atoms with Gasteiger partial charge in [-0.3, -0.25) is 4.90 Å². The summed E-state index contributed by atoms with van der Waals surface area (Å²) < 4.78 is 5.94. The molecule has 0 bridgehead atoms. The molecule has 0 aromatic carbocycles. The topological polar surface area (TPSA) is 38.2 Å². The molecular weight excluding hydrogens is 262 g/mol. The largest absolute Gasteiger partial charge is 0.367 e. The Morgan fingerprint density at radius 2 is 2.26 bits per heavy atom. The highest BCUT2D eigenvalue weighted by Gasteiger charge is 2.34. The Kier molecular flexibility index (Phi) is 3.74. The van der Waals surface area contributed by atoms with Crippen LogP contribution in [0.3, 0.4) is 0 Å². The van der Waals surface area contributed by atoms with E-state index in [9.17, 15) is 0 Å². The van der Waals surface area contributed by atoms with Gasteiger partial charge >= 0.3 is 0 Å². The summed E-state index contributed by atoms with van der Waals surface area (Å²) in [6.45, 7) is 7.07. The number of aromatic nitrogens is 2. The lowest BCUT2D eigenvalue weighted by Crippen LogP contribution is -2.42. The molecule has 19 heavy (non-hydrogen) atoms. The Bertz CT molecular complexity index is 466. The summed E-state index contributed by atoms with van der Waals surface area (Å²) in [5.41, 5.74) is 0.988. The molecule has 3 heterocycles. The van der Waals surface area contributed by atoms with Crippen molar-refractivity contribution in [1.82, 2.24) is 14.9 Å². The number of hydrogen-bond acceptors (Lipinski definition) is 4. The molecule has 4 nitrogen and oxygen atoms in total. The SMILES string of the molecule is CC(C)c1cc(Cl)nc(C2CN3CCCC3CO2)n1. The van der Waals surface area contributed by atoms with E-state index in [2.05, 4.69) is 28.7 Å². The van der Waals surface area contributed by atoms with Gasteiger partial charge in [-0.25, -0.2) is 9.97 Å². The normalized spacial score (nSPS) is 27.8. The third kappa shape index (κ3) is 2.76. The highest BCUT2D eigenvalue weighted by molar-refractivity contribution is 6.29. The number of morpholine rings is 1. The van der Waals surface area contributed by atoms with Gasteiger partial charge in [-0.2, -0.15) is 0 Å². The summed E-state index contributed by atoms with van der Waals surface area (Å²) in [6.07, 6.45) is 2.49. The van der Waals surface area contributed by atoms with Gasteiger partial charge in [0, 0.05) is 18.3 Å². The molecule has 2 aliphatic rings. The maximum absolute atomic E-state index is 6.10. The number of ether oxygens (including phenoxy) is 1. The molecule has 0 spiro atoms. The van der Waals surface area contributed by atoms with Crippen molar-refractivity contribution in [3.63, 3.8) is 0 Å². The van der Waals surface area contributed by atoms with Crippen molar-refractivity contribution < 1.29 is 4.74 Å². The first-order valence-electron chi connectivity index (χ1n) is 7.03. The average molecular weight is 282 g/mol. The Labute approximate surface area is 119 Å². The van der Waals surface area contributed by atoms with Crippen molar-refractivity contribution in [3.8, 4) is 0 Å². The smallest absolute Gasteiger partial charge is 0.160 e. The predicted molar refractivity (Wildman–Crippen MR) is 74.4 cm³/mol. The van der Waals surface area contributed by atoms with E-state index < -0.39 is 0 Å². The Morgan fingerprint density at radius 1 is 1.42 bits per heavy atom. The molecule has 2 aliphatic heterocycles. The molecule has 0 amide bonds. The molecule has 104 valence electrons. The van der Waals surface area contributed by atoms with E-state index in [1.54, 1.807) is 0 Å². The minimum atomic E-state index is -0.0365. The maximum atomic E-state index is 6.10. The van der Waals surface area contributed by atoms with E-state index in [4.69, 9.17) is 16.3 Å². The van der Waals surface area contributed by atoms with Gasteiger partial charge in [0.2, 0.25) is 0 Å². The van der Waals surface area contributed by atoms with Gasteiger partial charge < -0.3 is 4.74 Å². The number of rotatable bonds is 2. The fourth-order valence-corrected chi connectivity index (χ4v) is 3.06. The molecule has 0 radical (unpaired) electrons. The molecular formula is C14H20ClN3O. The maximum Gasteiger partial charge on any atom is 0.160 e. The van der Waals surface area contributed by atoms with Crippen molar-refractivity contribution in [1.29, 1.82) is 0 Å². The van der Waals surface area contributed by atoms with Crippen LogP contribution >= 0.6 is 11.6 Å². The molecule has 2 unspecified atom stereocenters. The van der Waals surface area contributed by atoms with Crippen molar-refractivity contribution in [3.05, 3.63) is 22.7 Å². The van der Waals surface area contributed by atoms with Gasteiger partial charge in [-0.1, -0.05) is 25.4 Å². The lowest BCUT2D eigenvalue weighted by molar-refractivity contribution is -0.0542. The Hall–Kier alpha value is -0.710. The summed E-state index contributed by atoms with van der Waals surface area (Å²) in [4.78, 5) is 11.5. The minimum Gasteiger partial charge on any atom is -0.367 e. The average Bonchev–Trinajstić information content (AvgIpc) is 2.85. The number of hydrogen-bond donors (Lipinski definition) is 0. The molecule has 2 saturated heterocycles. The van der Waals surface area contributed by atoms with Crippen LogP contribution in [0.25, 0.3) is 0 Å². The van der Waals surface area contributed by atoms with Gasteiger partial charge in [0.1, 0.15) is 11.3 Å². The van der Waals surface area contributed by atoms with Gasteiger partial charge in [0.15, 0.2) is 5.82 Å². The lowest BCUT2D eigenvalue weighted by Gasteiger charge is -2.34. The first kappa shape index (κ1) is 13.3. The highest BCUT2D eigenvalue weighted by atomic mass is 35.5. The monoisotopic (exact) mass is 281 g/mol. The minimum absolute atomic E-state index is 0.0365. The van der Waals surface area contributed by atoms with Crippen LogP contribution in [0, 0.1) is 0 Å². The van der Waals surface area contributed by atoms with Crippen LogP contribution in [-0.4, -0.2) is 40.6 Å². The first-order valence-corrected chi connectivity index (χ1v) is 7.41. The molecule has 0 aliphatic carbocycles.